The summed E-state index contributed by atoms with van der Waals surface area (Å²) in [5, 5.41) is 6.59. The summed E-state index contributed by atoms with van der Waals surface area (Å²) < 4.78 is 30.2. The fraction of sp³-hybridized carbons (Fsp3) is 0.412. The molecule has 3 heterocycles. The summed E-state index contributed by atoms with van der Waals surface area (Å²) >= 11 is 7.18. The highest BCUT2D eigenvalue weighted by atomic mass is 35.5. The van der Waals surface area contributed by atoms with Gasteiger partial charge in [0.1, 0.15) is 10.4 Å². The summed E-state index contributed by atoms with van der Waals surface area (Å²) in [4.78, 5) is 21.0. The van der Waals surface area contributed by atoms with E-state index in [-0.39, 0.29) is 11.4 Å². The molecule has 1 aliphatic carbocycles. The number of nitrogens with zero attached hydrogens (tertiary/aromatic N) is 4. The molecule has 0 spiro atoms. The quantitative estimate of drug-likeness (QED) is 0.668. The third kappa shape index (κ3) is 3.59. The molecule has 7 nitrogen and oxygen atoms in total. The number of hydrogen-bond acceptors (Lipinski definition) is 6. The van der Waals surface area contributed by atoms with Crippen molar-refractivity contribution in [2.45, 2.75) is 43.7 Å². The van der Waals surface area contributed by atoms with E-state index in [0.29, 0.717) is 34.9 Å². The van der Waals surface area contributed by atoms with E-state index in [1.54, 1.807) is 23.0 Å². The topological polar surface area (TPSA) is 98.2 Å². The minimum absolute atomic E-state index is 0.0235. The van der Waals surface area contributed by atoms with Crippen molar-refractivity contribution in [2.24, 2.45) is 5.73 Å². The smallest absolute Gasteiger partial charge is 0.280 e. The number of aromatic nitrogens is 4. The van der Waals surface area contributed by atoms with Gasteiger partial charge in [-0.05, 0) is 25.0 Å². The van der Waals surface area contributed by atoms with Crippen molar-refractivity contribution in [1.82, 2.24) is 24.9 Å². The Kier molecular flexibility index (Phi) is 5.02. The van der Waals surface area contributed by atoms with E-state index >= 15 is 0 Å². The number of carbonyl (C=O) groups excluding carboxylic acids is 1. The van der Waals surface area contributed by atoms with E-state index in [1.165, 1.54) is 0 Å². The predicted molar refractivity (Wildman–Crippen MR) is 101 cm³/mol. The van der Waals surface area contributed by atoms with Crippen LogP contribution in [0, 0.1) is 0 Å². The molecular formula is C17H17ClF2N6OS. The molecule has 11 heteroatoms. The van der Waals surface area contributed by atoms with Gasteiger partial charge in [0, 0.05) is 25.1 Å². The first-order valence-corrected chi connectivity index (χ1v) is 9.92. The van der Waals surface area contributed by atoms with Crippen LogP contribution in [0.2, 0.25) is 4.34 Å². The van der Waals surface area contributed by atoms with E-state index in [0.717, 1.165) is 17.0 Å². The van der Waals surface area contributed by atoms with E-state index in [2.05, 4.69) is 20.4 Å². The van der Waals surface area contributed by atoms with Gasteiger partial charge in [0.15, 0.2) is 10.7 Å². The fourth-order valence-electron chi connectivity index (χ4n) is 3.33. The lowest BCUT2D eigenvalue weighted by Crippen LogP contribution is -2.59. The SMILES string of the molecule is N[C@H]1CCCC(F)(F)C1NC(=O)c1nc(Cc2cnc3cccnn23)c(Cl)s1. The van der Waals surface area contributed by atoms with Gasteiger partial charge in [0.05, 0.1) is 17.6 Å². The Morgan fingerprint density at radius 1 is 1.50 bits per heavy atom. The molecule has 4 rings (SSSR count). The lowest BCUT2D eigenvalue weighted by Gasteiger charge is -2.36. The van der Waals surface area contributed by atoms with Crippen LogP contribution in [0.15, 0.2) is 24.5 Å². The summed E-state index contributed by atoms with van der Waals surface area (Å²) in [7, 11) is 0. The van der Waals surface area contributed by atoms with Crippen LogP contribution in [0.1, 0.15) is 40.5 Å². The third-order valence-corrected chi connectivity index (χ3v) is 6.09. The Labute approximate surface area is 167 Å². The highest BCUT2D eigenvalue weighted by molar-refractivity contribution is 7.17. The summed E-state index contributed by atoms with van der Waals surface area (Å²) in [6, 6.07) is 1.37. The zero-order chi connectivity index (χ0) is 19.9. The first-order chi connectivity index (χ1) is 13.3. The zero-order valence-electron chi connectivity index (χ0n) is 14.6. The second kappa shape index (κ2) is 7.34. The zero-order valence-corrected chi connectivity index (χ0v) is 16.2. The van der Waals surface area contributed by atoms with Gasteiger partial charge in [0.2, 0.25) is 0 Å². The molecule has 3 aromatic heterocycles. The normalized spacial score (nSPS) is 21.7. The maximum absolute atomic E-state index is 14.1. The number of rotatable bonds is 4. The summed E-state index contributed by atoms with van der Waals surface area (Å²) in [6.45, 7) is 0. The molecule has 3 N–H and O–H groups in total. The van der Waals surface area contributed by atoms with Crippen LogP contribution in [0.25, 0.3) is 5.65 Å². The van der Waals surface area contributed by atoms with Gasteiger partial charge in [-0.3, -0.25) is 4.79 Å². The molecule has 148 valence electrons. The van der Waals surface area contributed by atoms with E-state index in [1.807, 2.05) is 6.07 Å². The molecule has 0 saturated heterocycles. The summed E-state index contributed by atoms with van der Waals surface area (Å²) in [5.41, 5.74) is 7.69. The van der Waals surface area contributed by atoms with Crippen LogP contribution in [-0.2, 0) is 6.42 Å². The molecule has 0 radical (unpaired) electrons. The van der Waals surface area contributed by atoms with Crippen LogP contribution < -0.4 is 11.1 Å². The Hall–Kier alpha value is -2.17. The van der Waals surface area contributed by atoms with Gasteiger partial charge < -0.3 is 11.1 Å². The first kappa shape index (κ1) is 19.2. The van der Waals surface area contributed by atoms with E-state index in [4.69, 9.17) is 17.3 Å². The van der Waals surface area contributed by atoms with Crippen LogP contribution in [0.4, 0.5) is 8.78 Å². The highest BCUT2D eigenvalue weighted by Gasteiger charge is 2.46. The van der Waals surface area contributed by atoms with Gasteiger partial charge >= 0.3 is 0 Å². The molecule has 3 aromatic rings. The maximum Gasteiger partial charge on any atom is 0.280 e. The number of carbonyl (C=O) groups is 1. The average molecular weight is 427 g/mol. The number of halogens is 3. The molecule has 1 unspecified atom stereocenters. The summed E-state index contributed by atoms with van der Waals surface area (Å²) in [6.07, 6.45) is 4.07. The fourth-order valence-corrected chi connectivity index (χ4v) is 4.38. The Morgan fingerprint density at radius 3 is 3.11 bits per heavy atom. The average Bonchev–Trinajstić information content (AvgIpc) is 3.23. The number of nitrogens with two attached hydrogens (primary N) is 1. The van der Waals surface area contributed by atoms with Crippen molar-refractivity contribution in [3.63, 3.8) is 0 Å². The molecule has 1 aliphatic rings. The molecule has 1 amide bonds. The number of thiazole rings is 1. The van der Waals surface area contributed by atoms with Gasteiger partial charge in [-0.25, -0.2) is 23.3 Å². The van der Waals surface area contributed by atoms with Crippen LogP contribution in [0.5, 0.6) is 0 Å². The number of hydrogen-bond donors (Lipinski definition) is 2. The number of nitrogens with one attached hydrogen (secondary N) is 1. The molecule has 2 atom stereocenters. The largest absolute Gasteiger partial charge is 0.340 e. The minimum atomic E-state index is -3.04. The van der Waals surface area contributed by atoms with Crippen molar-refractivity contribution in [1.29, 1.82) is 0 Å². The minimum Gasteiger partial charge on any atom is -0.340 e. The van der Waals surface area contributed by atoms with Gasteiger partial charge in [0.25, 0.3) is 11.8 Å². The number of imidazole rings is 1. The van der Waals surface area contributed by atoms with Gasteiger partial charge in [-0.1, -0.05) is 22.9 Å². The van der Waals surface area contributed by atoms with Gasteiger partial charge in [-0.2, -0.15) is 5.10 Å². The van der Waals surface area contributed by atoms with E-state index < -0.39 is 23.9 Å². The molecule has 28 heavy (non-hydrogen) atoms. The molecule has 0 bridgehead atoms. The molecule has 0 aromatic carbocycles. The number of fused-ring (bicyclic) bond motifs is 1. The van der Waals surface area contributed by atoms with Crippen LogP contribution >= 0.6 is 22.9 Å². The van der Waals surface area contributed by atoms with Crippen molar-refractivity contribution in [3.8, 4) is 0 Å². The number of alkyl halides is 2. The van der Waals surface area contributed by atoms with Crippen molar-refractivity contribution < 1.29 is 13.6 Å². The predicted octanol–water partition coefficient (Wildman–Crippen LogP) is 2.67. The second-order valence-corrected chi connectivity index (χ2v) is 8.33. The van der Waals surface area contributed by atoms with Crippen LogP contribution in [-0.4, -0.2) is 43.5 Å². The maximum atomic E-state index is 14.1. The Morgan fingerprint density at radius 2 is 2.32 bits per heavy atom. The van der Waals surface area contributed by atoms with Crippen molar-refractivity contribution in [3.05, 3.63) is 45.3 Å². The van der Waals surface area contributed by atoms with Crippen molar-refractivity contribution >= 4 is 34.5 Å². The van der Waals surface area contributed by atoms with Crippen molar-refractivity contribution in [2.75, 3.05) is 0 Å². The molecule has 1 saturated carbocycles. The Bertz CT molecular complexity index is 1020. The first-order valence-electron chi connectivity index (χ1n) is 8.72. The molecule has 1 fully saturated rings. The molecule has 0 aliphatic heterocycles. The van der Waals surface area contributed by atoms with Crippen LogP contribution in [0.3, 0.4) is 0 Å². The standard InChI is InChI=1S/C17H17ClF2N6OS/c18-14-11(7-9-8-22-12-4-2-6-23-26(9)12)24-16(28-14)15(27)25-13-10(21)3-1-5-17(13,19)20/h2,4,6,8,10,13H,1,3,5,7,21H2,(H,25,27)/t10-,13?/m0/s1. The monoisotopic (exact) mass is 426 g/mol. The lowest BCUT2D eigenvalue weighted by molar-refractivity contribution is -0.0674. The third-order valence-electron chi connectivity index (χ3n) is 4.76. The highest BCUT2D eigenvalue weighted by Crippen LogP contribution is 2.33. The Balaban J connectivity index is 1.53. The van der Waals surface area contributed by atoms with Gasteiger partial charge in [-0.15, -0.1) is 0 Å². The number of amides is 1. The summed E-state index contributed by atoms with van der Waals surface area (Å²) in [5.74, 6) is -3.74. The molecular weight excluding hydrogens is 410 g/mol. The van der Waals surface area contributed by atoms with E-state index in [9.17, 15) is 13.6 Å². The lowest BCUT2D eigenvalue weighted by atomic mass is 9.87. The second-order valence-electron chi connectivity index (χ2n) is 6.73.